The van der Waals surface area contributed by atoms with Crippen LogP contribution >= 0.6 is 15.9 Å². The summed E-state index contributed by atoms with van der Waals surface area (Å²) in [5.41, 5.74) is -0.293. The highest BCUT2D eigenvalue weighted by Gasteiger charge is 2.41. The van der Waals surface area contributed by atoms with E-state index in [4.69, 9.17) is 0 Å². The third-order valence-electron chi connectivity index (χ3n) is 4.93. The molecule has 1 saturated carbocycles. The van der Waals surface area contributed by atoms with Gasteiger partial charge in [0.2, 0.25) is 5.91 Å². The van der Waals surface area contributed by atoms with Gasteiger partial charge in [-0.1, -0.05) is 34.1 Å². The summed E-state index contributed by atoms with van der Waals surface area (Å²) in [5.74, 6) is 0.572. The fourth-order valence-electron chi connectivity index (χ4n) is 3.47. The molecule has 126 valence electrons. The highest BCUT2D eigenvalue weighted by molar-refractivity contribution is 9.10. The first-order chi connectivity index (χ1) is 11.0. The van der Waals surface area contributed by atoms with Crippen molar-refractivity contribution in [1.29, 1.82) is 0 Å². The Balaban J connectivity index is 1.64. The standard InChI is InChI=1S/C18H25BrN2O2/c1-18(23,14-6-2-3-7-15(14)19)12-20-17(22)16(13-8-9-13)21-10-4-5-11-21/h2-3,6-7,13,16,23H,4-5,8-12H2,1H3,(H,20,22)/t16-,18-/m1/s1. The van der Waals surface area contributed by atoms with Gasteiger partial charge in [0, 0.05) is 4.47 Å². The highest BCUT2D eigenvalue weighted by Crippen LogP contribution is 2.37. The largest absolute Gasteiger partial charge is 0.384 e. The monoisotopic (exact) mass is 380 g/mol. The highest BCUT2D eigenvalue weighted by atomic mass is 79.9. The van der Waals surface area contributed by atoms with E-state index < -0.39 is 5.60 Å². The van der Waals surface area contributed by atoms with Crippen molar-refractivity contribution >= 4 is 21.8 Å². The van der Waals surface area contributed by atoms with Crippen LogP contribution in [0.25, 0.3) is 0 Å². The predicted octanol–water partition coefficient (Wildman–Crippen LogP) is 2.65. The minimum atomic E-state index is -1.09. The van der Waals surface area contributed by atoms with Crippen molar-refractivity contribution in [2.24, 2.45) is 5.92 Å². The molecular weight excluding hydrogens is 356 g/mol. The van der Waals surface area contributed by atoms with Gasteiger partial charge in [-0.3, -0.25) is 9.69 Å². The Hall–Kier alpha value is -0.910. The van der Waals surface area contributed by atoms with Crippen molar-refractivity contribution in [2.75, 3.05) is 19.6 Å². The smallest absolute Gasteiger partial charge is 0.237 e. The molecule has 1 aromatic rings. The first kappa shape index (κ1) is 16.9. The molecule has 1 saturated heterocycles. The van der Waals surface area contributed by atoms with Crippen molar-refractivity contribution in [3.63, 3.8) is 0 Å². The second kappa shape index (κ2) is 6.91. The van der Waals surface area contributed by atoms with Gasteiger partial charge in [0.05, 0.1) is 12.6 Å². The number of likely N-dealkylation sites (tertiary alicyclic amines) is 1. The summed E-state index contributed by atoms with van der Waals surface area (Å²) < 4.78 is 0.859. The fourth-order valence-corrected chi connectivity index (χ4v) is 4.18. The molecule has 0 radical (unpaired) electrons. The second-order valence-corrected chi connectivity index (χ2v) is 7.85. The number of nitrogens with one attached hydrogen (secondary N) is 1. The van der Waals surface area contributed by atoms with Gasteiger partial charge >= 0.3 is 0 Å². The van der Waals surface area contributed by atoms with E-state index in [0.29, 0.717) is 5.92 Å². The van der Waals surface area contributed by atoms with Gasteiger partial charge in [-0.25, -0.2) is 0 Å². The zero-order valence-electron chi connectivity index (χ0n) is 13.6. The summed E-state index contributed by atoms with van der Waals surface area (Å²) in [4.78, 5) is 15.0. The van der Waals surface area contributed by atoms with E-state index in [1.807, 2.05) is 24.3 Å². The molecular formula is C18H25BrN2O2. The molecule has 1 amide bonds. The summed E-state index contributed by atoms with van der Waals surface area (Å²) >= 11 is 3.47. The molecule has 2 N–H and O–H groups in total. The van der Waals surface area contributed by atoms with Crippen molar-refractivity contribution in [2.45, 2.75) is 44.2 Å². The summed E-state index contributed by atoms with van der Waals surface area (Å²) in [6, 6.07) is 7.59. The first-order valence-corrected chi connectivity index (χ1v) is 9.27. The van der Waals surface area contributed by atoms with E-state index in [-0.39, 0.29) is 18.5 Å². The molecule has 0 aromatic heterocycles. The Labute approximate surface area is 146 Å². The number of amides is 1. The zero-order chi connectivity index (χ0) is 16.4. The van der Waals surface area contributed by atoms with Crippen molar-refractivity contribution in [3.8, 4) is 0 Å². The van der Waals surface area contributed by atoms with Crippen LogP contribution in [0.4, 0.5) is 0 Å². The summed E-state index contributed by atoms with van der Waals surface area (Å²) in [7, 11) is 0. The third kappa shape index (κ3) is 3.95. The predicted molar refractivity (Wildman–Crippen MR) is 94.0 cm³/mol. The van der Waals surface area contributed by atoms with Crippen LogP contribution in [0.1, 0.15) is 38.2 Å². The molecule has 2 fully saturated rings. The van der Waals surface area contributed by atoms with Crippen LogP contribution in [0.5, 0.6) is 0 Å². The van der Waals surface area contributed by atoms with Gasteiger partial charge < -0.3 is 10.4 Å². The quantitative estimate of drug-likeness (QED) is 0.797. The van der Waals surface area contributed by atoms with Gasteiger partial charge in [-0.15, -0.1) is 0 Å². The average molecular weight is 381 g/mol. The lowest BCUT2D eigenvalue weighted by Gasteiger charge is -2.30. The molecule has 0 bridgehead atoms. The Kier molecular flexibility index (Phi) is 5.09. The Morgan fingerprint density at radius 1 is 1.39 bits per heavy atom. The van der Waals surface area contributed by atoms with Crippen LogP contribution in [0, 0.1) is 5.92 Å². The average Bonchev–Trinajstić information content (AvgIpc) is 3.20. The van der Waals surface area contributed by atoms with Crippen LogP contribution in [-0.4, -0.2) is 41.6 Å². The number of hydrogen-bond acceptors (Lipinski definition) is 3. The van der Waals surface area contributed by atoms with Crippen molar-refractivity contribution < 1.29 is 9.90 Å². The lowest BCUT2D eigenvalue weighted by molar-refractivity contribution is -0.128. The summed E-state index contributed by atoms with van der Waals surface area (Å²) in [6.07, 6.45) is 4.67. The van der Waals surface area contributed by atoms with E-state index in [0.717, 1.165) is 36.0 Å². The number of hydrogen-bond donors (Lipinski definition) is 2. The molecule has 0 spiro atoms. The van der Waals surface area contributed by atoms with Crippen LogP contribution in [0.3, 0.4) is 0 Å². The Morgan fingerprint density at radius 2 is 2.04 bits per heavy atom. The normalized spacial score (nSPS) is 22.6. The summed E-state index contributed by atoms with van der Waals surface area (Å²) in [6.45, 7) is 4.02. The number of carbonyl (C=O) groups is 1. The van der Waals surface area contributed by atoms with Crippen LogP contribution < -0.4 is 5.32 Å². The molecule has 1 aliphatic carbocycles. The van der Waals surface area contributed by atoms with Gasteiger partial charge in [0.25, 0.3) is 0 Å². The van der Waals surface area contributed by atoms with E-state index in [9.17, 15) is 9.90 Å². The SMILES string of the molecule is C[C@@](O)(CNC(=O)[C@@H](C1CC1)N1CCCC1)c1ccccc1Br. The molecule has 1 aromatic carbocycles. The maximum Gasteiger partial charge on any atom is 0.237 e. The topological polar surface area (TPSA) is 52.6 Å². The molecule has 4 nitrogen and oxygen atoms in total. The molecule has 2 aliphatic rings. The van der Waals surface area contributed by atoms with E-state index >= 15 is 0 Å². The van der Waals surface area contributed by atoms with Crippen LogP contribution in [-0.2, 0) is 10.4 Å². The lowest BCUT2D eigenvalue weighted by atomic mass is 9.96. The molecule has 3 rings (SSSR count). The van der Waals surface area contributed by atoms with Crippen molar-refractivity contribution in [1.82, 2.24) is 10.2 Å². The van der Waals surface area contributed by atoms with Gasteiger partial charge in [-0.05, 0) is 63.2 Å². The maximum absolute atomic E-state index is 12.7. The minimum Gasteiger partial charge on any atom is -0.384 e. The number of halogens is 1. The van der Waals surface area contributed by atoms with E-state index in [2.05, 4.69) is 26.1 Å². The number of nitrogens with zero attached hydrogens (tertiary/aromatic N) is 1. The van der Waals surface area contributed by atoms with Crippen LogP contribution in [0.15, 0.2) is 28.7 Å². The van der Waals surface area contributed by atoms with E-state index in [1.165, 1.54) is 12.8 Å². The molecule has 5 heteroatoms. The third-order valence-corrected chi connectivity index (χ3v) is 5.62. The minimum absolute atomic E-state index is 0.00693. The van der Waals surface area contributed by atoms with Crippen LogP contribution in [0.2, 0.25) is 0 Å². The second-order valence-electron chi connectivity index (χ2n) is 7.00. The molecule has 0 unspecified atom stereocenters. The summed E-state index contributed by atoms with van der Waals surface area (Å²) in [5, 5.41) is 13.8. The Bertz CT molecular complexity index is 566. The first-order valence-electron chi connectivity index (χ1n) is 8.48. The molecule has 1 heterocycles. The number of aliphatic hydroxyl groups is 1. The van der Waals surface area contributed by atoms with Gasteiger partial charge in [0.1, 0.15) is 5.60 Å². The van der Waals surface area contributed by atoms with Gasteiger partial charge in [-0.2, -0.15) is 0 Å². The zero-order valence-corrected chi connectivity index (χ0v) is 15.2. The van der Waals surface area contributed by atoms with E-state index in [1.54, 1.807) is 6.92 Å². The molecule has 2 atom stereocenters. The van der Waals surface area contributed by atoms with Crippen molar-refractivity contribution in [3.05, 3.63) is 34.3 Å². The Morgan fingerprint density at radius 3 is 2.65 bits per heavy atom. The van der Waals surface area contributed by atoms with Gasteiger partial charge in [0.15, 0.2) is 0 Å². The lowest BCUT2D eigenvalue weighted by Crippen LogP contribution is -2.50. The number of carbonyl (C=O) groups excluding carboxylic acids is 1. The molecule has 23 heavy (non-hydrogen) atoms. The number of benzene rings is 1. The molecule has 1 aliphatic heterocycles. The number of rotatable bonds is 6. The maximum atomic E-state index is 12.7. The fraction of sp³-hybridized carbons (Fsp3) is 0.611.